The van der Waals surface area contributed by atoms with Gasteiger partial charge in [0.25, 0.3) is 0 Å². The minimum Gasteiger partial charge on any atom is -0.497 e. The van der Waals surface area contributed by atoms with Gasteiger partial charge in [0.1, 0.15) is 17.2 Å². The Hall–Kier alpha value is -3.89. The second kappa shape index (κ2) is 11.2. The van der Waals surface area contributed by atoms with E-state index < -0.39 is 11.7 Å². The fourth-order valence-electron chi connectivity index (χ4n) is 4.24. The van der Waals surface area contributed by atoms with Gasteiger partial charge in [0.15, 0.2) is 17.6 Å². The number of nitrogens with zero attached hydrogens (tertiary/aromatic N) is 6. The van der Waals surface area contributed by atoms with Crippen LogP contribution in [-0.4, -0.2) is 70.2 Å². The third kappa shape index (κ3) is 6.70. The lowest BCUT2D eigenvalue weighted by Crippen LogP contribution is -2.54. The van der Waals surface area contributed by atoms with E-state index >= 15 is 0 Å². The molecule has 4 rings (SSSR count). The van der Waals surface area contributed by atoms with Gasteiger partial charge in [-0.1, -0.05) is 12.1 Å². The highest BCUT2D eigenvalue weighted by atomic mass is 16.6. The lowest BCUT2D eigenvalue weighted by atomic mass is 9.90. The third-order valence-corrected chi connectivity index (χ3v) is 6.31. The van der Waals surface area contributed by atoms with E-state index in [1.54, 1.807) is 13.3 Å². The van der Waals surface area contributed by atoms with Crippen LogP contribution in [0.3, 0.4) is 0 Å². The topological polar surface area (TPSA) is 116 Å². The second-order valence-corrected chi connectivity index (χ2v) is 10.6. The molecular formula is C27H37N7O4. The first kappa shape index (κ1) is 27.2. The summed E-state index contributed by atoms with van der Waals surface area (Å²) in [6.07, 6.45) is 4.25. The molecule has 0 atom stereocenters. The number of aromatic nitrogens is 4. The van der Waals surface area contributed by atoms with Crippen LogP contribution in [0.2, 0.25) is 0 Å². The van der Waals surface area contributed by atoms with Crippen molar-refractivity contribution in [3.8, 4) is 5.75 Å². The zero-order valence-electron chi connectivity index (χ0n) is 23.0. The van der Waals surface area contributed by atoms with Crippen molar-refractivity contribution >= 4 is 35.3 Å². The van der Waals surface area contributed by atoms with Crippen LogP contribution < -0.4 is 15.0 Å². The van der Waals surface area contributed by atoms with E-state index in [0.717, 1.165) is 30.0 Å². The van der Waals surface area contributed by atoms with Gasteiger partial charge < -0.3 is 24.4 Å². The molecule has 0 aliphatic carbocycles. The Labute approximate surface area is 223 Å². The van der Waals surface area contributed by atoms with Crippen molar-refractivity contribution in [2.24, 2.45) is 4.99 Å². The van der Waals surface area contributed by atoms with Crippen LogP contribution in [0.1, 0.15) is 53.0 Å². The standard InChI is InChI=1S/C27H37N7O4/c1-7-37-18-29-23-22-24(34(32-23)17-19-8-10-20(36-6)11-9-19)30-21(16-28-22)33-14-12-27(5,13-15-33)31-25(35)38-26(2,3)4/h8-11,16,18H,7,12-15,17H2,1-6H3,(H,31,35). The van der Waals surface area contributed by atoms with Crippen LogP contribution >= 0.6 is 0 Å². The van der Waals surface area contributed by atoms with Gasteiger partial charge in [-0.25, -0.2) is 19.4 Å². The molecule has 1 amide bonds. The summed E-state index contributed by atoms with van der Waals surface area (Å²) in [5.41, 5.74) is 1.40. The van der Waals surface area contributed by atoms with E-state index in [1.165, 1.54) is 6.40 Å². The molecule has 0 radical (unpaired) electrons. The molecule has 0 spiro atoms. The van der Waals surface area contributed by atoms with Crippen LogP contribution in [0.25, 0.3) is 11.2 Å². The van der Waals surface area contributed by atoms with Gasteiger partial charge in [-0.2, -0.15) is 4.99 Å². The Bertz CT molecular complexity index is 1270. The Balaban J connectivity index is 1.55. The van der Waals surface area contributed by atoms with Gasteiger partial charge in [-0.3, -0.25) is 0 Å². The molecule has 1 aromatic carbocycles. The van der Waals surface area contributed by atoms with Crippen LogP contribution in [0.5, 0.6) is 5.75 Å². The van der Waals surface area contributed by atoms with Crippen LogP contribution in [0.4, 0.5) is 16.4 Å². The van der Waals surface area contributed by atoms with E-state index in [0.29, 0.717) is 43.2 Å². The highest BCUT2D eigenvalue weighted by Crippen LogP contribution is 2.29. The Morgan fingerprint density at radius 2 is 1.92 bits per heavy atom. The minimum absolute atomic E-state index is 0.354. The van der Waals surface area contributed by atoms with E-state index in [9.17, 15) is 4.79 Å². The van der Waals surface area contributed by atoms with Crippen molar-refractivity contribution in [2.75, 3.05) is 31.7 Å². The number of carbonyl (C=O) groups is 1. The van der Waals surface area contributed by atoms with Crippen molar-refractivity contribution in [3.63, 3.8) is 0 Å². The molecule has 1 fully saturated rings. The predicted molar refractivity (Wildman–Crippen MR) is 146 cm³/mol. The van der Waals surface area contributed by atoms with Gasteiger partial charge >= 0.3 is 6.09 Å². The molecule has 1 N–H and O–H groups in total. The first-order chi connectivity index (χ1) is 18.1. The number of hydrogen-bond donors (Lipinski definition) is 1. The molecule has 204 valence electrons. The number of aliphatic imine (C=N–C) groups is 1. The quantitative estimate of drug-likeness (QED) is 0.340. The lowest BCUT2D eigenvalue weighted by molar-refractivity contribution is 0.0448. The van der Waals surface area contributed by atoms with E-state index in [4.69, 9.17) is 19.2 Å². The number of ether oxygens (including phenoxy) is 3. The molecule has 0 unspecified atom stereocenters. The normalized spacial score (nSPS) is 15.6. The van der Waals surface area contributed by atoms with Crippen molar-refractivity contribution in [3.05, 3.63) is 36.0 Å². The summed E-state index contributed by atoms with van der Waals surface area (Å²) in [7, 11) is 1.65. The van der Waals surface area contributed by atoms with Crippen LogP contribution in [-0.2, 0) is 16.0 Å². The van der Waals surface area contributed by atoms with Crippen molar-refractivity contribution in [1.82, 2.24) is 25.1 Å². The number of alkyl carbamates (subject to hydrolysis) is 1. The lowest BCUT2D eigenvalue weighted by Gasteiger charge is -2.40. The van der Waals surface area contributed by atoms with E-state index in [2.05, 4.69) is 32.2 Å². The van der Waals surface area contributed by atoms with Crippen molar-refractivity contribution < 1.29 is 19.0 Å². The summed E-state index contributed by atoms with van der Waals surface area (Å²) in [5.74, 6) is 2.00. The van der Waals surface area contributed by atoms with E-state index in [1.807, 2.05) is 56.6 Å². The maximum atomic E-state index is 12.3. The van der Waals surface area contributed by atoms with Gasteiger partial charge in [-0.05, 0) is 65.2 Å². The highest BCUT2D eigenvalue weighted by Gasteiger charge is 2.33. The average Bonchev–Trinajstić information content (AvgIpc) is 3.20. The van der Waals surface area contributed by atoms with E-state index in [-0.39, 0.29) is 5.54 Å². The fraction of sp³-hybridized carbons (Fsp3) is 0.519. The monoisotopic (exact) mass is 523 g/mol. The summed E-state index contributed by atoms with van der Waals surface area (Å²) in [6, 6.07) is 7.83. The third-order valence-electron chi connectivity index (χ3n) is 6.31. The molecule has 1 aliphatic rings. The number of benzene rings is 1. The molecule has 11 nitrogen and oxygen atoms in total. The number of methoxy groups -OCH3 is 1. The van der Waals surface area contributed by atoms with Gasteiger partial charge in [0.05, 0.1) is 26.5 Å². The smallest absolute Gasteiger partial charge is 0.408 e. The largest absolute Gasteiger partial charge is 0.497 e. The predicted octanol–water partition coefficient (Wildman–Crippen LogP) is 4.46. The number of anilines is 1. The molecule has 2 aromatic heterocycles. The molecule has 1 saturated heterocycles. The van der Waals surface area contributed by atoms with Gasteiger partial charge in [0.2, 0.25) is 5.82 Å². The Kier molecular flexibility index (Phi) is 8.03. The van der Waals surface area contributed by atoms with Crippen LogP contribution in [0.15, 0.2) is 35.5 Å². The number of rotatable bonds is 8. The summed E-state index contributed by atoms with van der Waals surface area (Å²) in [4.78, 5) is 28.5. The van der Waals surface area contributed by atoms with Crippen molar-refractivity contribution in [1.29, 1.82) is 0 Å². The molecule has 0 bridgehead atoms. The fourth-order valence-corrected chi connectivity index (χ4v) is 4.24. The first-order valence-electron chi connectivity index (χ1n) is 12.9. The Morgan fingerprint density at radius 1 is 1.21 bits per heavy atom. The van der Waals surface area contributed by atoms with Gasteiger partial charge in [-0.15, -0.1) is 5.10 Å². The average molecular weight is 524 g/mol. The maximum Gasteiger partial charge on any atom is 0.408 e. The Morgan fingerprint density at radius 3 is 2.55 bits per heavy atom. The SMILES string of the molecule is CCOC=Nc1nn(Cc2ccc(OC)cc2)c2nc(N3CCC(C)(NC(=O)OC(C)(C)C)CC3)cnc12. The summed E-state index contributed by atoms with van der Waals surface area (Å²) in [6.45, 7) is 12.0. The molecule has 0 saturated carbocycles. The number of fused-ring (bicyclic) bond motifs is 1. The molecule has 3 aromatic rings. The summed E-state index contributed by atoms with van der Waals surface area (Å²) >= 11 is 0. The number of piperidine rings is 1. The maximum absolute atomic E-state index is 12.3. The first-order valence-corrected chi connectivity index (χ1v) is 12.9. The van der Waals surface area contributed by atoms with Gasteiger partial charge in [0, 0.05) is 18.6 Å². The number of hydrogen-bond acceptors (Lipinski definition) is 9. The molecule has 38 heavy (non-hydrogen) atoms. The molecular weight excluding hydrogens is 486 g/mol. The van der Waals surface area contributed by atoms with Crippen molar-refractivity contribution in [2.45, 2.75) is 65.1 Å². The molecule has 11 heteroatoms. The summed E-state index contributed by atoms with van der Waals surface area (Å²) < 4.78 is 17.8. The number of carbonyl (C=O) groups excluding carboxylic acids is 1. The highest BCUT2D eigenvalue weighted by molar-refractivity contribution is 5.84. The zero-order chi connectivity index (χ0) is 27.3. The molecule has 3 heterocycles. The minimum atomic E-state index is -0.535. The second-order valence-electron chi connectivity index (χ2n) is 10.6. The number of amides is 1. The zero-order valence-corrected chi connectivity index (χ0v) is 23.0. The van der Waals surface area contributed by atoms with Crippen LogP contribution in [0, 0.1) is 0 Å². The number of nitrogens with one attached hydrogen (secondary N) is 1. The molecule has 1 aliphatic heterocycles. The summed E-state index contributed by atoms with van der Waals surface area (Å²) in [5, 5.41) is 7.72.